The molecule has 0 saturated carbocycles. The molecule has 0 radical (unpaired) electrons. The molecule has 18 heavy (non-hydrogen) atoms. The number of ether oxygens (including phenoxy) is 1. The van der Waals surface area contributed by atoms with E-state index in [1.807, 2.05) is 0 Å². The molecule has 2 heterocycles. The zero-order valence-corrected chi connectivity index (χ0v) is 10.5. The molecule has 1 aliphatic heterocycles. The first-order valence-corrected chi connectivity index (χ1v) is 6.39. The van der Waals surface area contributed by atoms with Gasteiger partial charge in [0.2, 0.25) is 17.8 Å². The third-order valence-electron chi connectivity index (χ3n) is 2.34. The van der Waals surface area contributed by atoms with Crippen LogP contribution in [0.4, 0.5) is 11.9 Å². The molecular weight excluding hydrogens is 256 g/mol. The van der Waals surface area contributed by atoms with Gasteiger partial charge in [-0.2, -0.15) is 15.0 Å². The first-order valence-electron chi connectivity index (χ1n) is 5.40. The number of nitrogen functional groups attached to an aromatic ring is 2. The zero-order valence-electron chi connectivity index (χ0n) is 9.70. The van der Waals surface area contributed by atoms with Crippen LogP contribution in [0.5, 0.6) is 0 Å². The maximum Gasteiger partial charge on any atom is 0.233 e. The molecular formula is C9H14N6O2S. The molecule has 0 aliphatic carbocycles. The Kier molecular flexibility index (Phi) is 4.15. The second-order valence-corrected chi connectivity index (χ2v) is 4.56. The van der Waals surface area contributed by atoms with Crippen LogP contribution in [0, 0.1) is 0 Å². The highest BCUT2D eigenvalue weighted by atomic mass is 32.2. The van der Waals surface area contributed by atoms with Crippen molar-refractivity contribution in [3.8, 4) is 0 Å². The number of carbonyl (C=O) groups excluding carboxylic acids is 1. The van der Waals surface area contributed by atoms with Gasteiger partial charge in [0.05, 0.1) is 19.0 Å². The van der Waals surface area contributed by atoms with Crippen LogP contribution >= 0.6 is 11.8 Å². The summed E-state index contributed by atoms with van der Waals surface area (Å²) in [7, 11) is 0. The van der Waals surface area contributed by atoms with Gasteiger partial charge in [-0.1, -0.05) is 11.8 Å². The molecule has 1 aromatic rings. The van der Waals surface area contributed by atoms with Gasteiger partial charge in [0, 0.05) is 13.1 Å². The van der Waals surface area contributed by atoms with Gasteiger partial charge in [-0.3, -0.25) is 4.79 Å². The minimum Gasteiger partial charge on any atom is -0.378 e. The third-order valence-corrected chi connectivity index (χ3v) is 3.17. The van der Waals surface area contributed by atoms with Crippen molar-refractivity contribution in [1.82, 2.24) is 19.9 Å². The van der Waals surface area contributed by atoms with Crippen molar-refractivity contribution in [3.63, 3.8) is 0 Å². The number of nitrogens with zero attached hydrogens (tertiary/aromatic N) is 4. The van der Waals surface area contributed by atoms with Crippen LogP contribution in [0.25, 0.3) is 0 Å². The van der Waals surface area contributed by atoms with Crippen molar-refractivity contribution < 1.29 is 9.53 Å². The van der Waals surface area contributed by atoms with E-state index in [2.05, 4.69) is 15.0 Å². The quantitative estimate of drug-likeness (QED) is 0.670. The Bertz CT molecular complexity index is 417. The van der Waals surface area contributed by atoms with Crippen LogP contribution in [0.2, 0.25) is 0 Å². The average molecular weight is 270 g/mol. The molecule has 9 heteroatoms. The minimum atomic E-state index is 0.0286. The highest BCUT2D eigenvalue weighted by Gasteiger charge is 2.17. The lowest BCUT2D eigenvalue weighted by Gasteiger charge is -2.26. The maximum absolute atomic E-state index is 11.9. The summed E-state index contributed by atoms with van der Waals surface area (Å²) in [6.07, 6.45) is 0. The molecule has 0 atom stereocenters. The van der Waals surface area contributed by atoms with Crippen LogP contribution in [0.3, 0.4) is 0 Å². The standard InChI is InChI=1S/C9H14N6O2S/c10-7-12-8(11)14-9(13-7)18-5-6(16)15-1-3-17-4-2-15/h1-5H2,(H4,10,11,12,13,14). The van der Waals surface area contributed by atoms with E-state index in [0.717, 1.165) is 0 Å². The van der Waals surface area contributed by atoms with Crippen LogP contribution in [0.15, 0.2) is 5.16 Å². The summed E-state index contributed by atoms with van der Waals surface area (Å²) < 4.78 is 5.18. The van der Waals surface area contributed by atoms with Crippen LogP contribution in [-0.4, -0.2) is 57.8 Å². The van der Waals surface area contributed by atoms with Gasteiger partial charge in [0.1, 0.15) is 0 Å². The summed E-state index contributed by atoms with van der Waals surface area (Å²) in [6.45, 7) is 2.42. The van der Waals surface area contributed by atoms with Gasteiger partial charge in [-0.05, 0) is 0 Å². The second-order valence-electron chi connectivity index (χ2n) is 3.62. The summed E-state index contributed by atoms with van der Waals surface area (Å²) in [6, 6.07) is 0. The molecule has 8 nitrogen and oxygen atoms in total. The van der Waals surface area contributed by atoms with Gasteiger partial charge in [-0.25, -0.2) is 0 Å². The van der Waals surface area contributed by atoms with E-state index in [-0.39, 0.29) is 23.6 Å². The normalized spacial score (nSPS) is 15.7. The smallest absolute Gasteiger partial charge is 0.233 e. The molecule has 1 aliphatic rings. The fraction of sp³-hybridized carbons (Fsp3) is 0.556. The van der Waals surface area contributed by atoms with Crippen LogP contribution in [-0.2, 0) is 9.53 Å². The number of hydrogen-bond donors (Lipinski definition) is 2. The number of morpholine rings is 1. The van der Waals surface area contributed by atoms with Crippen molar-refractivity contribution >= 4 is 29.6 Å². The molecule has 0 unspecified atom stereocenters. The summed E-state index contributed by atoms with van der Waals surface area (Å²) in [5.74, 6) is 0.400. The number of thioether (sulfide) groups is 1. The molecule has 1 amide bonds. The largest absolute Gasteiger partial charge is 0.378 e. The van der Waals surface area contributed by atoms with Gasteiger partial charge in [0.15, 0.2) is 5.16 Å². The molecule has 0 bridgehead atoms. The van der Waals surface area contributed by atoms with E-state index in [9.17, 15) is 4.79 Å². The van der Waals surface area contributed by atoms with E-state index in [0.29, 0.717) is 31.5 Å². The summed E-state index contributed by atoms with van der Waals surface area (Å²) in [5, 5.41) is 0.363. The Morgan fingerprint density at radius 1 is 1.22 bits per heavy atom. The number of rotatable bonds is 3. The molecule has 0 aromatic carbocycles. The Morgan fingerprint density at radius 3 is 2.44 bits per heavy atom. The monoisotopic (exact) mass is 270 g/mol. The number of aromatic nitrogens is 3. The Balaban J connectivity index is 1.88. The van der Waals surface area contributed by atoms with Crippen molar-refractivity contribution in [2.45, 2.75) is 5.16 Å². The lowest BCUT2D eigenvalue weighted by atomic mass is 10.4. The summed E-state index contributed by atoms with van der Waals surface area (Å²) in [5.41, 5.74) is 10.9. The molecule has 98 valence electrons. The number of anilines is 2. The van der Waals surface area contributed by atoms with Crippen molar-refractivity contribution in [1.29, 1.82) is 0 Å². The van der Waals surface area contributed by atoms with E-state index < -0.39 is 0 Å². The molecule has 2 rings (SSSR count). The molecule has 1 saturated heterocycles. The van der Waals surface area contributed by atoms with Gasteiger partial charge < -0.3 is 21.1 Å². The Labute approximate surface area is 108 Å². The van der Waals surface area contributed by atoms with Crippen molar-refractivity contribution in [2.75, 3.05) is 43.5 Å². The van der Waals surface area contributed by atoms with Gasteiger partial charge in [-0.15, -0.1) is 0 Å². The third kappa shape index (κ3) is 3.44. The van der Waals surface area contributed by atoms with Crippen molar-refractivity contribution in [3.05, 3.63) is 0 Å². The van der Waals surface area contributed by atoms with E-state index in [4.69, 9.17) is 16.2 Å². The highest BCUT2D eigenvalue weighted by molar-refractivity contribution is 7.99. The number of amides is 1. The predicted octanol–water partition coefficient (Wildman–Crippen LogP) is -1.01. The fourth-order valence-electron chi connectivity index (χ4n) is 1.48. The van der Waals surface area contributed by atoms with E-state index in [1.54, 1.807) is 4.90 Å². The van der Waals surface area contributed by atoms with Crippen LogP contribution < -0.4 is 11.5 Å². The van der Waals surface area contributed by atoms with E-state index >= 15 is 0 Å². The SMILES string of the molecule is Nc1nc(N)nc(SCC(=O)N2CCOCC2)n1. The van der Waals surface area contributed by atoms with Gasteiger partial charge >= 0.3 is 0 Å². The average Bonchev–Trinajstić information content (AvgIpc) is 2.36. The topological polar surface area (TPSA) is 120 Å². The Morgan fingerprint density at radius 2 is 1.83 bits per heavy atom. The Hall–Kier alpha value is -1.61. The number of nitrogens with two attached hydrogens (primary N) is 2. The number of hydrogen-bond acceptors (Lipinski definition) is 8. The van der Waals surface area contributed by atoms with Crippen LogP contribution in [0.1, 0.15) is 0 Å². The van der Waals surface area contributed by atoms with E-state index in [1.165, 1.54) is 11.8 Å². The minimum absolute atomic E-state index is 0.0286. The zero-order chi connectivity index (χ0) is 13.0. The fourth-order valence-corrected chi connectivity index (χ4v) is 2.23. The van der Waals surface area contributed by atoms with Gasteiger partial charge in [0.25, 0.3) is 0 Å². The summed E-state index contributed by atoms with van der Waals surface area (Å²) in [4.78, 5) is 25.1. The first-order chi connectivity index (χ1) is 8.65. The molecule has 1 fully saturated rings. The molecule has 4 N–H and O–H groups in total. The lowest BCUT2D eigenvalue weighted by molar-refractivity contribution is -0.132. The maximum atomic E-state index is 11.9. The second kappa shape index (κ2) is 5.83. The molecule has 1 aromatic heterocycles. The highest BCUT2D eigenvalue weighted by Crippen LogP contribution is 2.15. The number of carbonyl (C=O) groups is 1. The summed E-state index contributed by atoms with van der Waals surface area (Å²) >= 11 is 1.20. The predicted molar refractivity (Wildman–Crippen MR) is 66.8 cm³/mol. The first kappa shape index (κ1) is 12.8. The van der Waals surface area contributed by atoms with Crippen molar-refractivity contribution in [2.24, 2.45) is 0 Å². The molecule has 0 spiro atoms. The lowest BCUT2D eigenvalue weighted by Crippen LogP contribution is -2.41.